The number of hydrogen-bond donors (Lipinski definition) is 1. The van der Waals surface area contributed by atoms with Crippen LogP contribution in [0.4, 0.5) is 10.1 Å². The summed E-state index contributed by atoms with van der Waals surface area (Å²) in [5, 5.41) is 3.59. The van der Waals surface area contributed by atoms with Crippen LogP contribution in [0.15, 0.2) is 24.3 Å². The SMILES string of the molecule is CCCC(C)(CNCC(C)C)CN(C)c1ccc(F)cc1. The molecule has 0 aliphatic heterocycles. The molecule has 0 aromatic heterocycles. The Labute approximate surface area is 129 Å². The summed E-state index contributed by atoms with van der Waals surface area (Å²) >= 11 is 0. The van der Waals surface area contributed by atoms with E-state index in [1.54, 1.807) is 0 Å². The van der Waals surface area contributed by atoms with Gasteiger partial charge in [-0.3, -0.25) is 0 Å². The molecule has 0 fully saturated rings. The van der Waals surface area contributed by atoms with Gasteiger partial charge in [-0.2, -0.15) is 0 Å². The smallest absolute Gasteiger partial charge is 0.123 e. The topological polar surface area (TPSA) is 15.3 Å². The van der Waals surface area contributed by atoms with Gasteiger partial charge in [-0.05, 0) is 48.6 Å². The molecular weight excluding hydrogens is 263 g/mol. The van der Waals surface area contributed by atoms with Crippen LogP contribution in [0.2, 0.25) is 0 Å². The predicted molar refractivity (Wildman–Crippen MR) is 90.4 cm³/mol. The van der Waals surface area contributed by atoms with Gasteiger partial charge in [-0.25, -0.2) is 4.39 Å². The highest BCUT2D eigenvalue weighted by molar-refractivity contribution is 5.45. The molecule has 0 bridgehead atoms. The fourth-order valence-corrected chi connectivity index (χ4v) is 2.85. The molecular formula is C18H31FN2. The minimum absolute atomic E-state index is 0.179. The Morgan fingerprint density at radius 3 is 2.38 bits per heavy atom. The molecule has 2 nitrogen and oxygen atoms in total. The third-order valence-corrected chi connectivity index (χ3v) is 3.84. The predicted octanol–water partition coefficient (Wildman–Crippen LogP) is 4.31. The van der Waals surface area contributed by atoms with Crippen LogP contribution >= 0.6 is 0 Å². The van der Waals surface area contributed by atoms with E-state index in [0.29, 0.717) is 5.92 Å². The van der Waals surface area contributed by atoms with Crippen LogP contribution in [0, 0.1) is 17.2 Å². The average Bonchev–Trinajstić information content (AvgIpc) is 2.38. The van der Waals surface area contributed by atoms with Crippen LogP contribution < -0.4 is 10.2 Å². The normalized spacial score (nSPS) is 14.2. The quantitative estimate of drug-likeness (QED) is 0.730. The summed E-state index contributed by atoms with van der Waals surface area (Å²) in [6, 6.07) is 6.76. The van der Waals surface area contributed by atoms with E-state index >= 15 is 0 Å². The lowest BCUT2D eigenvalue weighted by atomic mass is 9.84. The van der Waals surface area contributed by atoms with Gasteiger partial charge in [0.2, 0.25) is 0 Å². The van der Waals surface area contributed by atoms with Gasteiger partial charge >= 0.3 is 0 Å². The van der Waals surface area contributed by atoms with E-state index in [9.17, 15) is 4.39 Å². The van der Waals surface area contributed by atoms with E-state index in [1.165, 1.54) is 25.0 Å². The molecule has 1 unspecified atom stereocenters. The van der Waals surface area contributed by atoms with Gasteiger partial charge in [-0.15, -0.1) is 0 Å². The Hall–Kier alpha value is -1.09. The Morgan fingerprint density at radius 1 is 1.24 bits per heavy atom. The maximum absolute atomic E-state index is 13.0. The van der Waals surface area contributed by atoms with Crippen LogP contribution in [0.5, 0.6) is 0 Å². The minimum atomic E-state index is -0.179. The Bertz CT molecular complexity index is 402. The number of rotatable bonds is 9. The van der Waals surface area contributed by atoms with Crippen molar-refractivity contribution in [3.8, 4) is 0 Å². The van der Waals surface area contributed by atoms with E-state index in [4.69, 9.17) is 0 Å². The second-order valence-corrected chi connectivity index (χ2v) is 6.92. The fraction of sp³-hybridized carbons (Fsp3) is 0.667. The molecule has 0 heterocycles. The molecule has 1 atom stereocenters. The summed E-state index contributed by atoms with van der Waals surface area (Å²) in [6.45, 7) is 12.1. The average molecular weight is 294 g/mol. The van der Waals surface area contributed by atoms with Crippen molar-refractivity contribution in [3.05, 3.63) is 30.1 Å². The molecule has 1 aromatic rings. The largest absolute Gasteiger partial charge is 0.374 e. The first-order chi connectivity index (χ1) is 9.86. The van der Waals surface area contributed by atoms with E-state index < -0.39 is 0 Å². The monoisotopic (exact) mass is 294 g/mol. The third-order valence-electron chi connectivity index (χ3n) is 3.84. The van der Waals surface area contributed by atoms with Crippen LogP contribution in [-0.4, -0.2) is 26.7 Å². The van der Waals surface area contributed by atoms with Crippen LogP contribution in [-0.2, 0) is 0 Å². The number of nitrogens with zero attached hydrogens (tertiary/aromatic N) is 1. The second kappa shape index (κ2) is 8.38. The molecule has 0 saturated carbocycles. The summed E-state index contributed by atoms with van der Waals surface area (Å²) < 4.78 is 13.0. The summed E-state index contributed by atoms with van der Waals surface area (Å²) in [5.41, 5.74) is 1.30. The molecule has 1 rings (SSSR count). The Morgan fingerprint density at radius 2 is 1.86 bits per heavy atom. The molecule has 0 amide bonds. The standard InChI is InChI=1S/C18H31FN2/c1-6-11-18(4,13-20-12-15(2)3)14-21(5)17-9-7-16(19)8-10-17/h7-10,15,20H,6,11-14H2,1-5H3. The first-order valence-corrected chi connectivity index (χ1v) is 8.04. The van der Waals surface area contributed by atoms with E-state index in [-0.39, 0.29) is 11.2 Å². The van der Waals surface area contributed by atoms with Crippen molar-refractivity contribution < 1.29 is 4.39 Å². The number of benzene rings is 1. The highest BCUT2D eigenvalue weighted by atomic mass is 19.1. The molecule has 3 heteroatoms. The highest BCUT2D eigenvalue weighted by Crippen LogP contribution is 2.26. The van der Waals surface area contributed by atoms with Crippen molar-refractivity contribution in [2.75, 3.05) is 31.6 Å². The van der Waals surface area contributed by atoms with Crippen molar-refractivity contribution in [1.29, 1.82) is 0 Å². The second-order valence-electron chi connectivity index (χ2n) is 6.92. The summed E-state index contributed by atoms with van der Waals surface area (Å²) in [7, 11) is 2.09. The van der Waals surface area contributed by atoms with Crippen molar-refractivity contribution in [2.45, 2.75) is 40.5 Å². The van der Waals surface area contributed by atoms with Gasteiger partial charge in [-0.1, -0.05) is 34.1 Å². The van der Waals surface area contributed by atoms with E-state index in [1.807, 2.05) is 12.1 Å². The maximum atomic E-state index is 13.0. The van der Waals surface area contributed by atoms with Gasteiger partial charge in [0.05, 0.1) is 0 Å². The zero-order valence-electron chi connectivity index (χ0n) is 14.2. The van der Waals surface area contributed by atoms with Crippen molar-refractivity contribution in [3.63, 3.8) is 0 Å². The molecule has 0 aliphatic rings. The van der Waals surface area contributed by atoms with Gasteiger partial charge in [0.25, 0.3) is 0 Å². The summed E-state index contributed by atoms with van der Waals surface area (Å²) in [5.74, 6) is 0.493. The lowest BCUT2D eigenvalue weighted by Gasteiger charge is -2.35. The Kier molecular flexibility index (Phi) is 7.16. The Balaban J connectivity index is 2.64. The van der Waals surface area contributed by atoms with Crippen LogP contribution in [0.25, 0.3) is 0 Å². The zero-order valence-corrected chi connectivity index (χ0v) is 14.2. The van der Waals surface area contributed by atoms with Crippen LogP contribution in [0.1, 0.15) is 40.5 Å². The molecule has 1 N–H and O–H groups in total. The first kappa shape index (κ1) is 18.0. The highest BCUT2D eigenvalue weighted by Gasteiger charge is 2.25. The fourth-order valence-electron chi connectivity index (χ4n) is 2.85. The number of halogens is 1. The van der Waals surface area contributed by atoms with Gasteiger partial charge < -0.3 is 10.2 Å². The molecule has 0 radical (unpaired) electrons. The van der Waals surface area contributed by atoms with E-state index in [2.05, 4.69) is 45.0 Å². The minimum Gasteiger partial charge on any atom is -0.374 e. The van der Waals surface area contributed by atoms with E-state index in [0.717, 1.165) is 25.3 Å². The lowest BCUT2D eigenvalue weighted by molar-refractivity contribution is 0.279. The third kappa shape index (κ3) is 6.47. The number of anilines is 1. The molecule has 0 spiro atoms. The number of hydrogen-bond acceptors (Lipinski definition) is 2. The molecule has 0 saturated heterocycles. The maximum Gasteiger partial charge on any atom is 0.123 e. The molecule has 1 aromatic carbocycles. The molecule has 120 valence electrons. The van der Waals surface area contributed by atoms with Crippen molar-refractivity contribution in [2.24, 2.45) is 11.3 Å². The van der Waals surface area contributed by atoms with Gasteiger partial charge in [0, 0.05) is 25.8 Å². The zero-order chi connectivity index (χ0) is 15.9. The summed E-state index contributed by atoms with van der Waals surface area (Å²) in [4.78, 5) is 2.23. The lowest BCUT2D eigenvalue weighted by Crippen LogP contribution is -2.42. The van der Waals surface area contributed by atoms with Crippen LogP contribution in [0.3, 0.4) is 0 Å². The number of nitrogens with one attached hydrogen (secondary N) is 1. The van der Waals surface area contributed by atoms with Crippen molar-refractivity contribution in [1.82, 2.24) is 5.32 Å². The van der Waals surface area contributed by atoms with Crippen molar-refractivity contribution >= 4 is 5.69 Å². The summed E-state index contributed by atoms with van der Waals surface area (Å²) in [6.07, 6.45) is 2.36. The first-order valence-electron chi connectivity index (χ1n) is 8.04. The van der Waals surface area contributed by atoms with Gasteiger partial charge in [0.1, 0.15) is 5.82 Å². The van der Waals surface area contributed by atoms with Gasteiger partial charge in [0.15, 0.2) is 0 Å². The molecule has 21 heavy (non-hydrogen) atoms. The molecule has 0 aliphatic carbocycles.